The molecule has 2 fully saturated rings. The summed E-state index contributed by atoms with van der Waals surface area (Å²) in [5, 5.41) is 72.6. The van der Waals surface area contributed by atoms with Gasteiger partial charge < -0.3 is 73.8 Å². The molecule has 2 saturated heterocycles. The number of aliphatic carboxylic acids is 2. The molecule has 2 rings (SSSR count). The Bertz CT molecular complexity index is 831. The van der Waals surface area contributed by atoms with Crippen molar-refractivity contribution >= 4 is 23.9 Å². The summed E-state index contributed by atoms with van der Waals surface area (Å²) in [4.78, 5) is 44.5. The van der Waals surface area contributed by atoms with Crippen LogP contribution in [-0.4, -0.2) is 131 Å². The Kier molecular flexibility index (Phi) is 18.7. The van der Waals surface area contributed by atoms with Gasteiger partial charge in [-0.25, -0.2) is 0 Å². The predicted octanol–water partition coefficient (Wildman–Crippen LogP) is -12.6. The number of carboxylic acid groups (broad SMARTS) is 2. The van der Waals surface area contributed by atoms with Crippen molar-refractivity contribution in [2.45, 2.75) is 87.1 Å². The fourth-order valence-electron chi connectivity index (χ4n) is 3.63. The van der Waals surface area contributed by atoms with Crippen LogP contribution < -0.4 is 69.3 Å². The van der Waals surface area contributed by atoms with Crippen LogP contribution in [0.25, 0.3) is 0 Å². The minimum Gasteiger partial charge on any atom is -0.550 e. The van der Waals surface area contributed by atoms with Crippen LogP contribution in [0.5, 0.6) is 0 Å². The van der Waals surface area contributed by atoms with Crippen molar-refractivity contribution in [1.82, 2.24) is 0 Å². The molecule has 0 aromatic heterocycles. The molecule has 2 aliphatic heterocycles. The normalized spacial score (nSPS) is 33.5. The van der Waals surface area contributed by atoms with Gasteiger partial charge in [-0.2, -0.15) is 0 Å². The summed E-state index contributed by atoms with van der Waals surface area (Å²) in [6.07, 6.45) is -19.1. The molecule has 19 heteroatoms. The molecule has 2 heterocycles. The summed E-state index contributed by atoms with van der Waals surface area (Å²) in [6, 6.07) is 0. The number of carbonyl (C=O) groups is 4. The van der Waals surface area contributed by atoms with Crippen LogP contribution in [0.15, 0.2) is 0 Å². The minimum atomic E-state index is -1.93. The summed E-state index contributed by atoms with van der Waals surface area (Å²) in [6.45, 7) is -1.32. The van der Waals surface area contributed by atoms with Crippen molar-refractivity contribution in [2.75, 3.05) is 20.3 Å². The Morgan fingerprint density at radius 2 is 1.10 bits per heavy atom. The second-order valence-electron chi connectivity index (χ2n) is 8.49. The maximum Gasteiger partial charge on any atom is 1.00 e. The van der Waals surface area contributed by atoms with Gasteiger partial charge in [-0.1, -0.05) is 0 Å². The monoisotopic (exact) mass is 600 g/mol. The topological polar surface area (TPSA) is 271 Å². The molecule has 218 valence electrons. The van der Waals surface area contributed by atoms with Gasteiger partial charge in [0.1, 0.15) is 62.0 Å². The smallest absolute Gasteiger partial charge is 0.550 e. The number of methoxy groups -OCH3 is 1. The molecule has 0 unspecified atom stereocenters. The second kappa shape index (κ2) is 18.9. The molecular weight excluding hydrogens is 570 g/mol. The Morgan fingerprint density at radius 1 is 0.650 bits per heavy atom. The number of aliphatic hydroxyl groups is 5. The van der Waals surface area contributed by atoms with E-state index in [2.05, 4.69) is 0 Å². The van der Waals surface area contributed by atoms with Crippen molar-refractivity contribution in [2.24, 2.45) is 0 Å². The van der Waals surface area contributed by atoms with E-state index in [4.69, 9.17) is 28.4 Å². The van der Waals surface area contributed by atoms with E-state index >= 15 is 0 Å². The van der Waals surface area contributed by atoms with E-state index in [0.717, 1.165) is 7.11 Å². The van der Waals surface area contributed by atoms with E-state index in [-0.39, 0.29) is 59.1 Å². The predicted molar refractivity (Wildman–Crippen MR) is 110 cm³/mol. The third-order valence-corrected chi connectivity index (χ3v) is 5.72. The molecule has 17 nitrogen and oxygen atoms in total. The molecule has 0 bridgehead atoms. The van der Waals surface area contributed by atoms with E-state index < -0.39 is 124 Å². The number of carboxylic acids is 2. The van der Waals surface area contributed by atoms with Crippen LogP contribution in [0.3, 0.4) is 0 Å². The number of hydrogen-bond donors (Lipinski definition) is 5. The largest absolute Gasteiger partial charge is 1.00 e. The average Bonchev–Trinajstić information content (AvgIpc) is 2.87. The van der Waals surface area contributed by atoms with Gasteiger partial charge in [0.2, 0.25) is 0 Å². The number of carbonyl (C=O) groups excluding carboxylic acids is 4. The molecule has 2 aliphatic rings. The number of esters is 2. The summed E-state index contributed by atoms with van der Waals surface area (Å²) in [5.41, 5.74) is 0. The van der Waals surface area contributed by atoms with Crippen molar-refractivity contribution in [1.29, 1.82) is 0 Å². The van der Waals surface area contributed by atoms with Gasteiger partial charge in [-0.3, -0.25) is 9.59 Å². The van der Waals surface area contributed by atoms with Crippen LogP contribution >= 0.6 is 0 Å². The van der Waals surface area contributed by atoms with Gasteiger partial charge in [0.15, 0.2) is 12.6 Å². The van der Waals surface area contributed by atoms with Crippen LogP contribution in [0, 0.1) is 0 Å². The number of rotatable bonds is 13. The minimum absolute atomic E-state index is 0. The van der Waals surface area contributed by atoms with Crippen LogP contribution in [0.4, 0.5) is 0 Å². The Morgan fingerprint density at radius 3 is 1.57 bits per heavy atom. The Hall–Kier alpha value is -0.480. The van der Waals surface area contributed by atoms with Gasteiger partial charge >= 0.3 is 71.1 Å². The fourth-order valence-corrected chi connectivity index (χ4v) is 3.63. The van der Waals surface area contributed by atoms with Gasteiger partial charge in [0.05, 0.1) is 12.8 Å². The summed E-state index contributed by atoms with van der Waals surface area (Å²) < 4.78 is 31.1. The molecule has 0 amide bonds. The first-order valence-electron chi connectivity index (χ1n) is 11.5. The summed E-state index contributed by atoms with van der Waals surface area (Å²) in [7, 11) is 1.15. The number of aliphatic hydroxyl groups excluding tert-OH is 5. The Balaban J connectivity index is 0.00000760. The van der Waals surface area contributed by atoms with E-state index in [9.17, 15) is 54.9 Å². The molecule has 40 heavy (non-hydrogen) atoms. The fraction of sp³-hybridized carbons (Fsp3) is 0.810. The first-order valence-corrected chi connectivity index (χ1v) is 11.5. The summed E-state index contributed by atoms with van der Waals surface area (Å²) >= 11 is 0. The van der Waals surface area contributed by atoms with Gasteiger partial charge in [-0.15, -0.1) is 0 Å². The number of hydrogen-bond acceptors (Lipinski definition) is 17. The third-order valence-electron chi connectivity index (χ3n) is 5.72. The zero-order valence-electron chi connectivity index (χ0n) is 22.2. The Labute approximate surface area is 272 Å². The standard InChI is InChI=1S/C21H32O17.2Na/c1-33-20-18(32)16(30)19(9(37-20)7-35-13(27)5-3-11(24)25)38-21-17(31)15(29)14(28)8(36-21)6-34-12(26)4-2-10(22)23;;/h8-9,14-21,28-32H,2-7H2,1H3,(H,22,23)(H,24,25);;/q;2*+1/p-2/t8-,9-,14-,15+,16-,17-,18-,19-,20-,21-;;/m1../s1. The van der Waals surface area contributed by atoms with E-state index in [1.54, 1.807) is 0 Å². The molecule has 5 N–H and O–H groups in total. The second-order valence-corrected chi connectivity index (χ2v) is 8.49. The van der Waals surface area contributed by atoms with E-state index in [1.165, 1.54) is 0 Å². The van der Waals surface area contributed by atoms with Crippen molar-refractivity contribution < 1.29 is 142 Å². The molecule has 0 aromatic carbocycles. The van der Waals surface area contributed by atoms with Crippen LogP contribution in [0.1, 0.15) is 25.7 Å². The zero-order chi connectivity index (χ0) is 28.6. The van der Waals surface area contributed by atoms with Crippen LogP contribution in [0.2, 0.25) is 0 Å². The number of ether oxygens (including phenoxy) is 6. The molecule has 0 spiro atoms. The molecule has 0 aliphatic carbocycles. The van der Waals surface area contributed by atoms with Gasteiger partial charge in [0.25, 0.3) is 0 Å². The van der Waals surface area contributed by atoms with E-state index in [0.29, 0.717) is 0 Å². The first-order chi connectivity index (χ1) is 17.8. The SMILES string of the molecule is CO[C@@H]1O[C@H](COC(=O)CCC(=O)[O-])[C@@H](O[C@H]2O[C@H](COC(=O)CCC(=O)[O-])[C@@H](O)[C@H](O)[C@H]2O)[C@H](O)[C@H]1O.[Na+].[Na+]. The van der Waals surface area contributed by atoms with Gasteiger partial charge in [0, 0.05) is 19.0 Å². The molecule has 0 radical (unpaired) electrons. The maximum absolute atomic E-state index is 11.8. The van der Waals surface area contributed by atoms with Crippen molar-refractivity contribution in [3.63, 3.8) is 0 Å². The van der Waals surface area contributed by atoms with Crippen molar-refractivity contribution in [3.05, 3.63) is 0 Å². The average molecular weight is 600 g/mol. The maximum atomic E-state index is 11.8. The zero-order valence-corrected chi connectivity index (χ0v) is 26.2. The summed E-state index contributed by atoms with van der Waals surface area (Å²) in [5.74, 6) is -4.92. The third kappa shape index (κ3) is 11.7. The molecule has 10 atom stereocenters. The molecular formula is C21H30Na2O17. The van der Waals surface area contributed by atoms with Crippen molar-refractivity contribution in [3.8, 4) is 0 Å². The van der Waals surface area contributed by atoms with Crippen LogP contribution in [-0.2, 0) is 47.6 Å². The van der Waals surface area contributed by atoms with E-state index in [1.807, 2.05) is 0 Å². The first kappa shape index (κ1) is 39.5. The quantitative estimate of drug-likeness (QED) is 0.0969. The van der Waals surface area contributed by atoms with Gasteiger partial charge in [-0.05, 0) is 12.8 Å². The molecule has 0 aromatic rings. The molecule has 0 saturated carbocycles.